The first-order valence-corrected chi connectivity index (χ1v) is 7.52. The minimum absolute atomic E-state index is 0.391. The molecule has 0 radical (unpaired) electrons. The molecule has 0 aliphatic carbocycles. The zero-order valence-electron chi connectivity index (χ0n) is 13.0. The molecule has 7 heteroatoms. The number of hydrazine groups is 1. The van der Waals surface area contributed by atoms with Crippen molar-refractivity contribution in [2.45, 2.75) is 0 Å². The maximum atomic E-state index is 12.1. The second-order valence-electron chi connectivity index (χ2n) is 5.34. The summed E-state index contributed by atoms with van der Waals surface area (Å²) in [7, 11) is 0. The van der Waals surface area contributed by atoms with Gasteiger partial charge in [0.15, 0.2) is 0 Å². The van der Waals surface area contributed by atoms with Crippen LogP contribution in [0.2, 0.25) is 0 Å². The van der Waals surface area contributed by atoms with Gasteiger partial charge in [-0.2, -0.15) is 0 Å². The maximum absolute atomic E-state index is 12.1. The van der Waals surface area contributed by atoms with Crippen LogP contribution in [0, 0.1) is 0 Å². The molecule has 0 spiro atoms. The summed E-state index contributed by atoms with van der Waals surface area (Å²) < 4.78 is 5.29. The van der Waals surface area contributed by atoms with Crippen LogP contribution in [0.1, 0.15) is 10.4 Å². The van der Waals surface area contributed by atoms with Crippen LogP contribution in [0.25, 0.3) is 33.6 Å². The Kier molecular flexibility index (Phi) is 3.68. The zero-order valence-corrected chi connectivity index (χ0v) is 13.0. The molecule has 0 atom stereocenters. The molecule has 4 rings (SSSR count). The predicted octanol–water partition coefficient (Wildman–Crippen LogP) is 2.56. The van der Waals surface area contributed by atoms with Crippen molar-refractivity contribution in [2.24, 2.45) is 5.84 Å². The molecule has 3 heterocycles. The summed E-state index contributed by atoms with van der Waals surface area (Å²) in [5, 5.41) is 0.644. The van der Waals surface area contributed by atoms with E-state index < -0.39 is 5.91 Å². The molecule has 25 heavy (non-hydrogen) atoms. The van der Waals surface area contributed by atoms with Gasteiger partial charge < -0.3 is 4.42 Å². The average Bonchev–Trinajstić information content (AvgIpc) is 3.21. The SMILES string of the molecule is NNC(=O)c1cc(-c2ccc(-c3ncco3)cc2)nc2ccncc12. The molecule has 122 valence electrons. The molecule has 0 saturated heterocycles. The number of pyridine rings is 2. The molecule has 0 aliphatic rings. The van der Waals surface area contributed by atoms with E-state index in [0.29, 0.717) is 28.1 Å². The normalized spacial score (nSPS) is 10.8. The van der Waals surface area contributed by atoms with Crippen LogP contribution in [0.4, 0.5) is 0 Å². The number of nitrogens with one attached hydrogen (secondary N) is 1. The Balaban J connectivity index is 1.82. The van der Waals surface area contributed by atoms with Crippen LogP contribution >= 0.6 is 0 Å². The molecule has 7 nitrogen and oxygen atoms in total. The molecule has 0 bridgehead atoms. The van der Waals surface area contributed by atoms with E-state index in [1.165, 1.54) is 6.26 Å². The average molecular weight is 331 g/mol. The third-order valence-electron chi connectivity index (χ3n) is 3.85. The predicted molar refractivity (Wildman–Crippen MR) is 92.1 cm³/mol. The Morgan fingerprint density at radius 2 is 1.88 bits per heavy atom. The molecule has 0 aliphatic heterocycles. The van der Waals surface area contributed by atoms with Crippen molar-refractivity contribution in [2.75, 3.05) is 0 Å². The first-order chi connectivity index (χ1) is 12.3. The second kappa shape index (κ2) is 6.14. The standard InChI is InChI=1S/C18H13N5O2/c19-23-17(24)13-9-16(22-15-5-6-20-10-14(13)15)11-1-3-12(4-2-11)18-21-7-8-25-18/h1-10H,19H2,(H,23,24). The lowest BCUT2D eigenvalue weighted by Crippen LogP contribution is -2.30. The molecular formula is C18H13N5O2. The number of oxazole rings is 1. The number of nitrogens with zero attached hydrogens (tertiary/aromatic N) is 3. The fraction of sp³-hybridized carbons (Fsp3) is 0. The Morgan fingerprint density at radius 3 is 2.60 bits per heavy atom. The van der Waals surface area contributed by atoms with E-state index in [0.717, 1.165) is 11.1 Å². The van der Waals surface area contributed by atoms with Gasteiger partial charge in [-0.3, -0.25) is 15.2 Å². The molecule has 0 unspecified atom stereocenters. The van der Waals surface area contributed by atoms with E-state index in [4.69, 9.17) is 10.3 Å². The van der Waals surface area contributed by atoms with E-state index in [1.54, 1.807) is 30.7 Å². The van der Waals surface area contributed by atoms with Gasteiger partial charge in [0.05, 0.1) is 23.0 Å². The molecule has 3 N–H and O–H groups in total. The van der Waals surface area contributed by atoms with Crippen molar-refractivity contribution in [1.82, 2.24) is 20.4 Å². The molecular weight excluding hydrogens is 318 g/mol. The fourth-order valence-corrected chi connectivity index (χ4v) is 2.63. The fourth-order valence-electron chi connectivity index (χ4n) is 2.63. The molecule has 0 fully saturated rings. The molecule has 1 aromatic carbocycles. The van der Waals surface area contributed by atoms with Crippen molar-refractivity contribution in [3.8, 4) is 22.7 Å². The van der Waals surface area contributed by atoms with E-state index in [-0.39, 0.29) is 0 Å². The summed E-state index contributed by atoms with van der Waals surface area (Å²) in [6.45, 7) is 0. The summed E-state index contributed by atoms with van der Waals surface area (Å²) in [6.07, 6.45) is 6.36. The quantitative estimate of drug-likeness (QED) is 0.339. The number of nitrogens with two attached hydrogens (primary N) is 1. The van der Waals surface area contributed by atoms with Crippen molar-refractivity contribution >= 4 is 16.8 Å². The number of carbonyl (C=O) groups is 1. The molecule has 0 saturated carbocycles. The van der Waals surface area contributed by atoms with E-state index in [1.807, 2.05) is 24.3 Å². The van der Waals surface area contributed by atoms with Crippen molar-refractivity contribution in [1.29, 1.82) is 0 Å². The number of hydrogen-bond donors (Lipinski definition) is 2. The number of aromatic nitrogens is 3. The number of rotatable bonds is 3. The highest BCUT2D eigenvalue weighted by Crippen LogP contribution is 2.26. The number of carbonyl (C=O) groups excluding carboxylic acids is 1. The van der Waals surface area contributed by atoms with E-state index >= 15 is 0 Å². The van der Waals surface area contributed by atoms with Gasteiger partial charge in [-0.1, -0.05) is 12.1 Å². The van der Waals surface area contributed by atoms with Crippen molar-refractivity contribution in [3.63, 3.8) is 0 Å². The smallest absolute Gasteiger partial charge is 0.265 e. The Hall–Kier alpha value is -3.58. The first-order valence-electron chi connectivity index (χ1n) is 7.52. The van der Waals surface area contributed by atoms with Gasteiger partial charge in [-0.15, -0.1) is 0 Å². The highest BCUT2D eigenvalue weighted by Gasteiger charge is 2.13. The van der Waals surface area contributed by atoms with Crippen LogP contribution in [0.3, 0.4) is 0 Å². The number of benzene rings is 1. The third-order valence-corrected chi connectivity index (χ3v) is 3.85. The highest BCUT2D eigenvalue weighted by atomic mass is 16.3. The molecule has 4 aromatic rings. The first kappa shape index (κ1) is 15.0. The number of fused-ring (bicyclic) bond motifs is 1. The van der Waals surface area contributed by atoms with E-state index in [9.17, 15) is 4.79 Å². The van der Waals surface area contributed by atoms with E-state index in [2.05, 4.69) is 20.4 Å². The monoisotopic (exact) mass is 331 g/mol. The summed E-state index contributed by atoms with van der Waals surface area (Å²) in [6, 6.07) is 11.0. The summed E-state index contributed by atoms with van der Waals surface area (Å²) in [4.78, 5) is 24.9. The molecule has 3 aromatic heterocycles. The van der Waals surface area contributed by atoms with Crippen LogP contribution in [0.5, 0.6) is 0 Å². The Bertz CT molecular complexity index is 1040. The summed E-state index contributed by atoms with van der Waals surface area (Å²) >= 11 is 0. The van der Waals surface area contributed by atoms with Gasteiger partial charge in [0.1, 0.15) is 6.26 Å². The van der Waals surface area contributed by atoms with Gasteiger partial charge in [0.2, 0.25) is 5.89 Å². The maximum Gasteiger partial charge on any atom is 0.265 e. The van der Waals surface area contributed by atoms with Gasteiger partial charge in [0.25, 0.3) is 5.91 Å². The lowest BCUT2D eigenvalue weighted by Gasteiger charge is -2.09. The van der Waals surface area contributed by atoms with Crippen LogP contribution in [-0.2, 0) is 0 Å². The van der Waals surface area contributed by atoms with Crippen molar-refractivity contribution < 1.29 is 9.21 Å². The van der Waals surface area contributed by atoms with Gasteiger partial charge >= 0.3 is 0 Å². The highest BCUT2D eigenvalue weighted by molar-refractivity contribution is 6.06. The Labute approximate surface area is 142 Å². The second-order valence-corrected chi connectivity index (χ2v) is 5.34. The lowest BCUT2D eigenvalue weighted by molar-refractivity contribution is 0.0955. The van der Waals surface area contributed by atoms with Crippen molar-refractivity contribution in [3.05, 3.63) is 66.8 Å². The topological polar surface area (TPSA) is 107 Å². The minimum atomic E-state index is -0.391. The zero-order chi connectivity index (χ0) is 17.2. The van der Waals surface area contributed by atoms with Gasteiger partial charge in [-0.05, 0) is 24.3 Å². The number of nitrogen functional groups attached to an aromatic ring is 1. The number of amides is 1. The Morgan fingerprint density at radius 1 is 1.08 bits per heavy atom. The minimum Gasteiger partial charge on any atom is -0.445 e. The number of hydrogen-bond acceptors (Lipinski definition) is 6. The summed E-state index contributed by atoms with van der Waals surface area (Å²) in [5.74, 6) is 5.46. The molecule has 1 amide bonds. The van der Waals surface area contributed by atoms with Crippen LogP contribution < -0.4 is 11.3 Å². The van der Waals surface area contributed by atoms with Gasteiger partial charge in [0, 0.05) is 28.9 Å². The largest absolute Gasteiger partial charge is 0.445 e. The lowest BCUT2D eigenvalue weighted by atomic mass is 10.0. The van der Waals surface area contributed by atoms with Crippen LogP contribution in [0.15, 0.2) is 65.7 Å². The third kappa shape index (κ3) is 2.73. The summed E-state index contributed by atoms with van der Waals surface area (Å²) in [5.41, 5.74) is 5.64. The van der Waals surface area contributed by atoms with Crippen LogP contribution in [-0.4, -0.2) is 20.9 Å². The van der Waals surface area contributed by atoms with Gasteiger partial charge in [-0.25, -0.2) is 15.8 Å².